The number of nitrogens with zero attached hydrogens (tertiary/aromatic N) is 3. The minimum atomic E-state index is -3.83. The Bertz CT molecular complexity index is 921. The molecule has 7 nitrogen and oxygen atoms in total. The topological polar surface area (TPSA) is 92.3 Å². The Morgan fingerprint density at radius 3 is 2.76 bits per heavy atom. The minimum absolute atomic E-state index is 0.118. The van der Waals surface area contributed by atoms with E-state index in [2.05, 4.69) is 15.5 Å². The van der Waals surface area contributed by atoms with Crippen LogP contribution in [-0.4, -0.2) is 30.6 Å². The Morgan fingerprint density at radius 2 is 2.08 bits per heavy atom. The number of rotatable bonds is 4. The lowest BCUT2D eigenvalue weighted by atomic mass is 10.1. The van der Waals surface area contributed by atoms with E-state index >= 15 is 0 Å². The van der Waals surface area contributed by atoms with E-state index in [1.165, 1.54) is 4.31 Å². The number of aryl methyl sites for hydroxylation is 1. The maximum atomic E-state index is 13.1. The van der Waals surface area contributed by atoms with Crippen LogP contribution in [0.4, 0.5) is 10.8 Å². The van der Waals surface area contributed by atoms with Crippen LogP contribution in [0.1, 0.15) is 31.9 Å². The molecule has 0 fully saturated rings. The van der Waals surface area contributed by atoms with Crippen LogP contribution in [0.5, 0.6) is 0 Å². The zero-order valence-corrected chi connectivity index (χ0v) is 16.1. The van der Waals surface area contributed by atoms with Crippen molar-refractivity contribution >= 4 is 38.1 Å². The van der Waals surface area contributed by atoms with Crippen molar-refractivity contribution in [1.82, 2.24) is 10.2 Å². The Balaban J connectivity index is 1.94. The van der Waals surface area contributed by atoms with E-state index in [0.29, 0.717) is 12.1 Å². The smallest absolute Gasteiger partial charge is 0.293 e. The Morgan fingerprint density at radius 1 is 1.36 bits per heavy atom. The zero-order valence-electron chi connectivity index (χ0n) is 14.5. The first kappa shape index (κ1) is 17.8. The molecule has 2 aromatic rings. The molecule has 1 N–H and O–H groups in total. The predicted octanol–water partition coefficient (Wildman–Crippen LogP) is 2.58. The summed E-state index contributed by atoms with van der Waals surface area (Å²) >= 11 is 0.870. The number of amides is 1. The van der Waals surface area contributed by atoms with Crippen LogP contribution in [0.3, 0.4) is 0 Å². The summed E-state index contributed by atoms with van der Waals surface area (Å²) in [5.74, 6) is -0.451. The number of aromatic nitrogens is 2. The van der Waals surface area contributed by atoms with E-state index < -0.39 is 10.0 Å². The van der Waals surface area contributed by atoms with Gasteiger partial charge in [-0.1, -0.05) is 37.3 Å². The molecule has 0 saturated carbocycles. The van der Waals surface area contributed by atoms with Crippen LogP contribution in [0.25, 0.3) is 0 Å². The predicted molar refractivity (Wildman–Crippen MR) is 97.4 cm³/mol. The first-order valence-corrected chi connectivity index (χ1v) is 10.2. The molecule has 9 heteroatoms. The highest BCUT2D eigenvalue weighted by Crippen LogP contribution is 2.38. The lowest BCUT2D eigenvalue weighted by Crippen LogP contribution is -2.35. The molecule has 0 aliphatic carbocycles. The normalized spacial score (nSPS) is 17.0. The highest BCUT2D eigenvalue weighted by molar-refractivity contribution is 7.94. The van der Waals surface area contributed by atoms with Gasteiger partial charge < -0.3 is 5.32 Å². The van der Waals surface area contributed by atoms with Crippen LogP contribution in [-0.2, 0) is 21.2 Å². The quantitative estimate of drug-likeness (QED) is 0.823. The molecular weight excluding hydrogens is 360 g/mol. The molecule has 0 bridgehead atoms. The molecule has 0 radical (unpaired) electrons. The molecule has 1 aromatic heterocycles. The Hall–Kier alpha value is -2.00. The fourth-order valence-corrected chi connectivity index (χ4v) is 5.42. The molecule has 0 unspecified atom stereocenters. The fraction of sp³-hybridized carbons (Fsp3) is 0.438. The van der Waals surface area contributed by atoms with Crippen molar-refractivity contribution in [1.29, 1.82) is 0 Å². The van der Waals surface area contributed by atoms with Gasteiger partial charge in [0.15, 0.2) is 0 Å². The lowest BCUT2D eigenvalue weighted by Gasteiger charge is -2.22. The van der Waals surface area contributed by atoms with E-state index in [1.54, 1.807) is 13.8 Å². The van der Waals surface area contributed by atoms with Crippen LogP contribution in [0.2, 0.25) is 0 Å². The molecule has 1 atom stereocenters. The monoisotopic (exact) mass is 380 g/mol. The number of fused-ring (bicyclic) bond motifs is 1. The van der Waals surface area contributed by atoms with Crippen LogP contribution >= 0.6 is 11.3 Å². The second-order valence-electron chi connectivity index (χ2n) is 6.50. The molecule has 1 aliphatic rings. The molecule has 1 aromatic carbocycles. The van der Waals surface area contributed by atoms with Crippen molar-refractivity contribution in [2.24, 2.45) is 5.92 Å². The first-order valence-electron chi connectivity index (χ1n) is 7.98. The van der Waals surface area contributed by atoms with Gasteiger partial charge in [0.2, 0.25) is 11.0 Å². The summed E-state index contributed by atoms with van der Waals surface area (Å²) in [6.07, 6.45) is 0.657. The number of carbonyl (C=O) groups excluding carboxylic acids is 1. The van der Waals surface area contributed by atoms with Gasteiger partial charge in [0.1, 0.15) is 0 Å². The number of hydrogen-bond acceptors (Lipinski definition) is 6. The van der Waals surface area contributed by atoms with Crippen molar-refractivity contribution in [3.05, 3.63) is 29.3 Å². The second-order valence-corrected chi connectivity index (χ2v) is 9.47. The van der Waals surface area contributed by atoms with Gasteiger partial charge in [0, 0.05) is 12.0 Å². The van der Waals surface area contributed by atoms with Crippen molar-refractivity contribution in [2.45, 2.75) is 44.5 Å². The van der Waals surface area contributed by atoms with E-state index in [1.807, 2.05) is 32.0 Å². The van der Waals surface area contributed by atoms with Crippen LogP contribution < -0.4 is 9.62 Å². The zero-order chi connectivity index (χ0) is 18.4. The van der Waals surface area contributed by atoms with Crippen molar-refractivity contribution in [2.75, 3.05) is 9.62 Å². The molecule has 3 rings (SSSR count). The minimum Gasteiger partial charge on any atom is -0.300 e. The summed E-state index contributed by atoms with van der Waals surface area (Å²) in [4.78, 5) is 11.7. The largest absolute Gasteiger partial charge is 0.300 e. The van der Waals surface area contributed by atoms with Gasteiger partial charge in [0.25, 0.3) is 14.4 Å². The molecule has 1 aliphatic heterocycles. The van der Waals surface area contributed by atoms with Crippen molar-refractivity contribution in [3.63, 3.8) is 0 Å². The van der Waals surface area contributed by atoms with Gasteiger partial charge >= 0.3 is 0 Å². The highest BCUT2D eigenvalue weighted by atomic mass is 32.2. The summed E-state index contributed by atoms with van der Waals surface area (Å²) < 4.78 is 27.4. The third kappa shape index (κ3) is 3.25. The first-order chi connectivity index (χ1) is 11.7. The van der Waals surface area contributed by atoms with Gasteiger partial charge in [-0.05, 0) is 37.5 Å². The standard InChI is InChI=1S/C16H20N4O3S2/c1-9(2)14(21)17-15-18-19-16(24-15)25(22,23)20-11(4)8-12-6-5-10(3)7-13(12)20/h5-7,9,11H,8H2,1-4H3,(H,17,18,21)/t11-/m0/s1. The molecule has 0 saturated heterocycles. The van der Waals surface area contributed by atoms with Crippen molar-refractivity contribution < 1.29 is 13.2 Å². The second kappa shape index (κ2) is 6.38. The van der Waals surface area contributed by atoms with Crippen LogP contribution in [0, 0.1) is 12.8 Å². The SMILES string of the molecule is Cc1ccc2c(c1)N(S(=O)(=O)c1nnc(NC(=O)C(C)C)s1)[C@@H](C)C2. The Labute approximate surface area is 151 Å². The third-order valence-electron chi connectivity index (χ3n) is 4.03. The molecule has 1 amide bonds. The van der Waals surface area contributed by atoms with Crippen molar-refractivity contribution in [3.8, 4) is 0 Å². The fourth-order valence-electron chi connectivity index (χ4n) is 2.76. The Kier molecular flexibility index (Phi) is 4.54. The van der Waals surface area contributed by atoms with Crippen LogP contribution in [0.15, 0.2) is 22.5 Å². The number of nitrogens with one attached hydrogen (secondary N) is 1. The third-order valence-corrected chi connectivity index (χ3v) is 7.15. The number of sulfonamides is 1. The summed E-state index contributed by atoms with van der Waals surface area (Å²) in [5, 5.41) is 10.4. The van der Waals surface area contributed by atoms with Gasteiger partial charge in [0.05, 0.1) is 5.69 Å². The highest BCUT2D eigenvalue weighted by Gasteiger charge is 2.38. The van der Waals surface area contributed by atoms with Gasteiger partial charge in [-0.3, -0.25) is 9.10 Å². The van der Waals surface area contributed by atoms with E-state index in [9.17, 15) is 13.2 Å². The number of benzene rings is 1. The van der Waals surface area contributed by atoms with E-state index in [4.69, 9.17) is 0 Å². The molecule has 134 valence electrons. The molecule has 2 heterocycles. The average Bonchev–Trinajstić information content (AvgIpc) is 3.11. The van der Waals surface area contributed by atoms with Gasteiger partial charge in [-0.2, -0.15) is 8.42 Å². The summed E-state index contributed by atoms with van der Waals surface area (Å²) in [6.45, 7) is 7.30. The number of hydrogen-bond donors (Lipinski definition) is 1. The van der Waals surface area contributed by atoms with E-state index in [-0.39, 0.29) is 27.3 Å². The lowest BCUT2D eigenvalue weighted by molar-refractivity contribution is -0.118. The summed E-state index contributed by atoms with van der Waals surface area (Å²) in [5.41, 5.74) is 2.69. The molecule has 25 heavy (non-hydrogen) atoms. The average molecular weight is 380 g/mol. The maximum absolute atomic E-state index is 13.1. The molecule has 0 spiro atoms. The summed E-state index contributed by atoms with van der Waals surface area (Å²) in [6, 6.07) is 5.62. The van der Waals surface area contributed by atoms with Gasteiger partial charge in [-0.15, -0.1) is 10.2 Å². The van der Waals surface area contributed by atoms with E-state index in [0.717, 1.165) is 22.5 Å². The summed E-state index contributed by atoms with van der Waals surface area (Å²) in [7, 11) is -3.83. The molecular formula is C16H20N4O3S2. The number of carbonyl (C=O) groups is 1. The van der Waals surface area contributed by atoms with Gasteiger partial charge in [-0.25, -0.2) is 0 Å². The maximum Gasteiger partial charge on any atom is 0.293 e. The number of anilines is 2.